The molecular formula is C25H34BrN3O4S. The molecular weight excluding hydrogens is 518 g/mol. The van der Waals surface area contributed by atoms with Gasteiger partial charge in [0.1, 0.15) is 12.6 Å². The topological polar surface area (TPSA) is 86.8 Å². The van der Waals surface area contributed by atoms with Crippen molar-refractivity contribution in [3.8, 4) is 0 Å². The van der Waals surface area contributed by atoms with Crippen molar-refractivity contribution in [1.29, 1.82) is 0 Å². The van der Waals surface area contributed by atoms with E-state index in [-0.39, 0.29) is 18.5 Å². The molecule has 0 fully saturated rings. The highest BCUT2D eigenvalue weighted by molar-refractivity contribution is 9.10. The van der Waals surface area contributed by atoms with Gasteiger partial charge in [-0.25, -0.2) is 8.42 Å². The Labute approximate surface area is 211 Å². The number of anilines is 1. The summed E-state index contributed by atoms with van der Waals surface area (Å²) in [6.07, 6.45) is 2.23. The van der Waals surface area contributed by atoms with Crippen LogP contribution in [-0.2, 0) is 26.2 Å². The van der Waals surface area contributed by atoms with Crippen LogP contribution in [0.2, 0.25) is 0 Å². The quantitative estimate of drug-likeness (QED) is 0.452. The van der Waals surface area contributed by atoms with E-state index in [2.05, 4.69) is 21.2 Å². The molecule has 186 valence electrons. The zero-order chi connectivity index (χ0) is 25.5. The van der Waals surface area contributed by atoms with Crippen LogP contribution < -0.4 is 9.62 Å². The molecule has 0 heterocycles. The molecule has 0 unspecified atom stereocenters. The number of carbonyl (C=O) groups is 2. The summed E-state index contributed by atoms with van der Waals surface area (Å²) in [4.78, 5) is 28.2. The summed E-state index contributed by atoms with van der Waals surface area (Å²) in [5, 5.41) is 2.96. The van der Waals surface area contributed by atoms with E-state index >= 15 is 0 Å². The lowest BCUT2D eigenvalue weighted by molar-refractivity contribution is -0.140. The molecule has 0 aliphatic carbocycles. The molecule has 0 saturated heterocycles. The highest BCUT2D eigenvalue weighted by atomic mass is 79.9. The smallest absolute Gasteiger partial charge is 0.244 e. The molecule has 0 aromatic heterocycles. The number of sulfonamides is 1. The lowest BCUT2D eigenvalue weighted by atomic mass is 10.1. The number of benzene rings is 2. The minimum absolute atomic E-state index is 0.0345. The molecule has 0 aliphatic heterocycles. The van der Waals surface area contributed by atoms with Crippen LogP contribution in [0.1, 0.15) is 44.7 Å². The van der Waals surface area contributed by atoms with Crippen LogP contribution in [0.25, 0.3) is 0 Å². The van der Waals surface area contributed by atoms with Gasteiger partial charge in [0.15, 0.2) is 0 Å². The predicted molar refractivity (Wildman–Crippen MR) is 140 cm³/mol. The van der Waals surface area contributed by atoms with Gasteiger partial charge in [-0.2, -0.15) is 0 Å². The first-order valence-electron chi connectivity index (χ1n) is 11.3. The molecule has 2 aromatic rings. The third-order valence-corrected chi connectivity index (χ3v) is 7.29. The van der Waals surface area contributed by atoms with Crippen molar-refractivity contribution in [3.05, 3.63) is 64.1 Å². The van der Waals surface area contributed by atoms with Crippen LogP contribution >= 0.6 is 15.9 Å². The highest BCUT2D eigenvalue weighted by Crippen LogP contribution is 2.22. The minimum Gasteiger partial charge on any atom is -0.352 e. The van der Waals surface area contributed by atoms with Gasteiger partial charge in [0.25, 0.3) is 0 Å². The molecule has 2 aromatic carbocycles. The maximum atomic E-state index is 13.6. The van der Waals surface area contributed by atoms with Gasteiger partial charge in [0.05, 0.1) is 11.9 Å². The van der Waals surface area contributed by atoms with Gasteiger partial charge in [0, 0.05) is 17.1 Å². The van der Waals surface area contributed by atoms with Crippen LogP contribution in [0.4, 0.5) is 5.69 Å². The fraction of sp³-hybridized carbons (Fsp3) is 0.440. The van der Waals surface area contributed by atoms with Crippen LogP contribution in [0, 0.1) is 6.92 Å². The number of nitrogens with one attached hydrogen (secondary N) is 1. The lowest BCUT2D eigenvalue weighted by Crippen LogP contribution is -2.53. The molecule has 0 spiro atoms. The number of nitrogens with zero attached hydrogens (tertiary/aromatic N) is 2. The number of halogens is 1. The zero-order valence-corrected chi connectivity index (χ0v) is 22.8. The first-order chi connectivity index (χ1) is 16.0. The highest BCUT2D eigenvalue weighted by Gasteiger charge is 2.32. The Bertz CT molecular complexity index is 1090. The van der Waals surface area contributed by atoms with E-state index < -0.39 is 28.5 Å². The number of carbonyl (C=O) groups excluding carboxylic acids is 2. The zero-order valence-electron chi connectivity index (χ0n) is 20.4. The second-order valence-electron chi connectivity index (χ2n) is 8.50. The van der Waals surface area contributed by atoms with Crippen molar-refractivity contribution in [1.82, 2.24) is 10.2 Å². The molecule has 0 bridgehead atoms. The van der Waals surface area contributed by atoms with Crippen molar-refractivity contribution in [2.45, 2.75) is 59.2 Å². The summed E-state index contributed by atoms with van der Waals surface area (Å²) in [5.74, 6) is -0.687. The standard InChI is InChI=1S/C25H34BrN3O4S/c1-6-19(4)27-25(31)23(7-2)28(16-20-10-8-9-18(3)15-20)24(30)17-29(34(5,32)33)22-13-11-21(26)12-14-22/h8-15,19,23H,6-7,16-17H2,1-5H3,(H,27,31)/t19-,23-/m0/s1. The maximum absolute atomic E-state index is 13.6. The van der Waals surface area contributed by atoms with Crippen LogP contribution in [0.3, 0.4) is 0 Å². The van der Waals surface area contributed by atoms with Crippen LogP contribution in [0.15, 0.2) is 53.0 Å². The van der Waals surface area contributed by atoms with E-state index in [4.69, 9.17) is 0 Å². The van der Waals surface area contributed by atoms with E-state index in [1.807, 2.05) is 52.0 Å². The molecule has 2 amide bonds. The largest absolute Gasteiger partial charge is 0.352 e. The van der Waals surface area contributed by atoms with E-state index in [1.54, 1.807) is 24.3 Å². The Kier molecular flexibility index (Phi) is 10.1. The summed E-state index contributed by atoms with van der Waals surface area (Å²) in [5.41, 5.74) is 2.29. The number of hydrogen-bond acceptors (Lipinski definition) is 4. The van der Waals surface area contributed by atoms with Gasteiger partial charge in [0.2, 0.25) is 21.8 Å². The van der Waals surface area contributed by atoms with Gasteiger partial charge in [-0.15, -0.1) is 0 Å². The predicted octanol–water partition coefficient (Wildman–Crippen LogP) is 4.25. The van der Waals surface area contributed by atoms with Crippen LogP contribution in [0.5, 0.6) is 0 Å². The minimum atomic E-state index is -3.74. The van der Waals surface area contributed by atoms with Gasteiger partial charge in [-0.05, 0) is 56.5 Å². The Morgan fingerprint density at radius 2 is 1.71 bits per heavy atom. The Morgan fingerprint density at radius 3 is 2.24 bits per heavy atom. The van der Waals surface area contributed by atoms with Crippen molar-refractivity contribution in [2.75, 3.05) is 17.1 Å². The van der Waals surface area contributed by atoms with E-state index in [0.717, 1.165) is 32.6 Å². The third-order valence-electron chi connectivity index (χ3n) is 5.62. The molecule has 2 rings (SSSR count). The average Bonchev–Trinajstić information content (AvgIpc) is 2.77. The summed E-state index contributed by atoms with van der Waals surface area (Å²) in [6.45, 7) is 7.49. The van der Waals surface area contributed by atoms with Gasteiger partial charge >= 0.3 is 0 Å². The maximum Gasteiger partial charge on any atom is 0.244 e. The number of hydrogen-bond donors (Lipinski definition) is 1. The van der Waals surface area contributed by atoms with E-state index in [9.17, 15) is 18.0 Å². The average molecular weight is 553 g/mol. The second-order valence-corrected chi connectivity index (χ2v) is 11.3. The fourth-order valence-corrected chi connectivity index (χ4v) is 4.70. The first-order valence-corrected chi connectivity index (χ1v) is 14.0. The molecule has 0 aliphatic rings. The van der Waals surface area contributed by atoms with Crippen molar-refractivity contribution in [2.24, 2.45) is 0 Å². The van der Waals surface area contributed by atoms with Crippen molar-refractivity contribution >= 4 is 43.5 Å². The Balaban J connectivity index is 2.43. The summed E-state index contributed by atoms with van der Waals surface area (Å²) in [7, 11) is -3.74. The normalized spacial score (nSPS) is 13.1. The molecule has 1 N–H and O–H groups in total. The second kappa shape index (κ2) is 12.4. The van der Waals surface area contributed by atoms with E-state index in [1.165, 1.54) is 4.90 Å². The first kappa shape index (κ1) is 27.9. The summed E-state index contributed by atoms with van der Waals surface area (Å²) < 4.78 is 27.1. The molecule has 2 atom stereocenters. The monoisotopic (exact) mass is 551 g/mol. The third kappa shape index (κ3) is 7.84. The van der Waals surface area contributed by atoms with Gasteiger partial charge in [-0.3, -0.25) is 13.9 Å². The SMILES string of the molecule is CC[C@H](C)NC(=O)[C@H](CC)N(Cc1cccc(C)c1)C(=O)CN(c1ccc(Br)cc1)S(C)(=O)=O. The van der Waals surface area contributed by atoms with Crippen LogP contribution in [-0.4, -0.2) is 50.0 Å². The summed E-state index contributed by atoms with van der Waals surface area (Å²) >= 11 is 3.34. The fourth-order valence-electron chi connectivity index (χ4n) is 3.59. The van der Waals surface area contributed by atoms with Gasteiger partial charge < -0.3 is 10.2 Å². The van der Waals surface area contributed by atoms with Gasteiger partial charge in [-0.1, -0.05) is 59.6 Å². The molecule has 7 nitrogen and oxygen atoms in total. The molecule has 9 heteroatoms. The molecule has 0 radical (unpaired) electrons. The van der Waals surface area contributed by atoms with Crippen molar-refractivity contribution < 1.29 is 18.0 Å². The Morgan fingerprint density at radius 1 is 1.06 bits per heavy atom. The number of rotatable bonds is 11. The lowest BCUT2D eigenvalue weighted by Gasteiger charge is -2.33. The van der Waals surface area contributed by atoms with Crippen molar-refractivity contribution in [3.63, 3.8) is 0 Å². The van der Waals surface area contributed by atoms with E-state index in [0.29, 0.717) is 12.1 Å². The summed E-state index contributed by atoms with van der Waals surface area (Å²) in [6, 6.07) is 13.7. The number of amides is 2. The number of aryl methyl sites for hydroxylation is 1. The molecule has 0 saturated carbocycles. The molecule has 34 heavy (non-hydrogen) atoms. The Hall–Kier alpha value is -2.39.